The van der Waals surface area contributed by atoms with E-state index in [-0.39, 0.29) is 22.7 Å². The number of nitrogens with zero attached hydrogens (tertiary/aromatic N) is 3. The van der Waals surface area contributed by atoms with Gasteiger partial charge in [-0.3, -0.25) is 9.59 Å². The molecule has 9 heteroatoms. The van der Waals surface area contributed by atoms with Gasteiger partial charge in [0.1, 0.15) is 11.2 Å². The van der Waals surface area contributed by atoms with Gasteiger partial charge in [0.05, 0.1) is 24.4 Å². The molecule has 0 bridgehead atoms. The predicted molar refractivity (Wildman–Crippen MR) is 116 cm³/mol. The molecule has 8 nitrogen and oxygen atoms in total. The van der Waals surface area contributed by atoms with Crippen LogP contribution in [0.2, 0.25) is 5.15 Å². The number of hydrogen-bond acceptors (Lipinski definition) is 6. The van der Waals surface area contributed by atoms with Crippen LogP contribution in [0.5, 0.6) is 0 Å². The second-order valence-electron chi connectivity index (χ2n) is 6.92. The van der Waals surface area contributed by atoms with E-state index in [0.717, 1.165) is 16.7 Å². The molecular weight excluding hydrogens is 420 g/mol. The fourth-order valence-electron chi connectivity index (χ4n) is 3.14. The largest absolute Gasteiger partial charge is 0.467 e. The molecule has 0 saturated carbocycles. The summed E-state index contributed by atoms with van der Waals surface area (Å²) in [7, 11) is 2.85. The van der Waals surface area contributed by atoms with E-state index >= 15 is 0 Å². The van der Waals surface area contributed by atoms with Crippen molar-refractivity contribution in [3.8, 4) is 11.1 Å². The monoisotopic (exact) mass is 440 g/mol. The van der Waals surface area contributed by atoms with E-state index in [1.54, 1.807) is 43.6 Å². The van der Waals surface area contributed by atoms with Crippen LogP contribution < -0.4 is 10.9 Å². The third-order valence-corrected chi connectivity index (χ3v) is 5.11. The van der Waals surface area contributed by atoms with Gasteiger partial charge in [0.15, 0.2) is 0 Å². The molecule has 1 N–H and O–H groups in total. The normalized spacial score (nSPS) is 11.6. The number of hydrogen-bond donors (Lipinski definition) is 1. The number of amides is 1. The number of aromatic nitrogens is 3. The highest BCUT2D eigenvalue weighted by atomic mass is 35.5. The van der Waals surface area contributed by atoms with Gasteiger partial charge in [-0.05, 0) is 35.7 Å². The van der Waals surface area contributed by atoms with Crippen LogP contribution in [0.3, 0.4) is 0 Å². The van der Waals surface area contributed by atoms with Gasteiger partial charge in [-0.15, -0.1) is 0 Å². The van der Waals surface area contributed by atoms with Crippen molar-refractivity contribution in [2.75, 3.05) is 7.11 Å². The molecule has 0 aliphatic rings. The van der Waals surface area contributed by atoms with E-state index in [1.165, 1.54) is 24.1 Å². The lowest BCUT2D eigenvalue weighted by Gasteiger charge is -2.17. The fraction of sp³-hybridized carbons (Fsp3) is 0.227. The minimum Gasteiger partial charge on any atom is -0.467 e. The third kappa shape index (κ3) is 4.97. The summed E-state index contributed by atoms with van der Waals surface area (Å²) >= 11 is 5.97. The topological polar surface area (TPSA) is 103 Å². The fourth-order valence-corrected chi connectivity index (χ4v) is 3.35. The summed E-state index contributed by atoms with van der Waals surface area (Å²) in [6.07, 6.45) is 3.30. The SMILES string of the molecule is COC(=O)C(Cc1ccc(-c2c(C)cnn(C)c2=O)cc1)NC(=O)c1cccnc1Cl. The van der Waals surface area contributed by atoms with Gasteiger partial charge >= 0.3 is 5.97 Å². The number of methoxy groups -OCH3 is 1. The second kappa shape index (κ2) is 9.53. The third-order valence-electron chi connectivity index (χ3n) is 4.80. The molecule has 0 saturated heterocycles. The molecular formula is C22H21ClN4O4. The zero-order valence-corrected chi connectivity index (χ0v) is 18.0. The van der Waals surface area contributed by atoms with Crippen molar-refractivity contribution in [3.05, 3.63) is 81.0 Å². The lowest BCUT2D eigenvalue weighted by Crippen LogP contribution is -2.43. The molecule has 3 rings (SSSR count). The van der Waals surface area contributed by atoms with Crippen LogP contribution in [-0.4, -0.2) is 39.8 Å². The quantitative estimate of drug-likeness (QED) is 0.466. The maximum Gasteiger partial charge on any atom is 0.328 e. The molecule has 0 aliphatic carbocycles. The summed E-state index contributed by atoms with van der Waals surface area (Å²) in [5.41, 5.74) is 2.82. The first-order chi connectivity index (χ1) is 14.8. The summed E-state index contributed by atoms with van der Waals surface area (Å²) in [4.78, 5) is 41.1. The van der Waals surface area contributed by atoms with Gasteiger partial charge in [-0.1, -0.05) is 35.9 Å². The van der Waals surface area contributed by atoms with E-state index in [9.17, 15) is 14.4 Å². The van der Waals surface area contributed by atoms with Crippen LogP contribution in [0.1, 0.15) is 21.5 Å². The molecule has 3 aromatic rings. The zero-order chi connectivity index (χ0) is 22.5. The smallest absolute Gasteiger partial charge is 0.328 e. The zero-order valence-electron chi connectivity index (χ0n) is 17.3. The molecule has 0 fully saturated rings. The number of nitrogens with one attached hydrogen (secondary N) is 1. The van der Waals surface area contributed by atoms with Crippen LogP contribution in [0.15, 0.2) is 53.6 Å². The highest BCUT2D eigenvalue weighted by Gasteiger charge is 2.24. The Labute approximate surface area is 183 Å². The molecule has 2 heterocycles. The standard InChI is InChI=1S/C22H21ClN4O4/c1-13-12-25-27(2)21(29)18(13)15-8-6-14(7-9-15)11-17(22(30)31-3)26-20(28)16-5-4-10-24-19(16)23/h4-10,12,17H,11H2,1-3H3,(H,26,28). The van der Waals surface area contributed by atoms with Crippen molar-refractivity contribution < 1.29 is 14.3 Å². The van der Waals surface area contributed by atoms with Crippen molar-refractivity contribution in [2.45, 2.75) is 19.4 Å². The number of pyridine rings is 1. The van der Waals surface area contributed by atoms with Crippen molar-refractivity contribution in [3.63, 3.8) is 0 Å². The van der Waals surface area contributed by atoms with Crippen molar-refractivity contribution in [2.24, 2.45) is 7.05 Å². The van der Waals surface area contributed by atoms with E-state index in [0.29, 0.717) is 5.56 Å². The maximum atomic E-state index is 12.5. The van der Waals surface area contributed by atoms with Crippen LogP contribution >= 0.6 is 11.6 Å². The van der Waals surface area contributed by atoms with Gasteiger partial charge in [0.2, 0.25) is 0 Å². The predicted octanol–water partition coefficient (Wildman–Crippen LogP) is 2.32. The first-order valence-electron chi connectivity index (χ1n) is 9.43. The molecule has 31 heavy (non-hydrogen) atoms. The molecule has 0 aliphatic heterocycles. The number of ether oxygens (including phenoxy) is 1. The van der Waals surface area contributed by atoms with E-state index < -0.39 is 17.9 Å². The summed E-state index contributed by atoms with van der Waals surface area (Å²) in [5, 5.41) is 6.70. The number of esters is 1. The number of benzene rings is 1. The highest BCUT2D eigenvalue weighted by molar-refractivity contribution is 6.32. The summed E-state index contributed by atoms with van der Waals surface area (Å²) < 4.78 is 6.12. The molecule has 1 atom stereocenters. The Morgan fingerprint density at radius 3 is 2.58 bits per heavy atom. The summed E-state index contributed by atoms with van der Waals surface area (Å²) in [5.74, 6) is -1.11. The number of halogens is 1. The van der Waals surface area contributed by atoms with Crippen LogP contribution in [0, 0.1) is 6.92 Å². The Kier molecular flexibility index (Phi) is 6.81. The molecule has 1 aromatic carbocycles. The van der Waals surface area contributed by atoms with Crippen LogP contribution in [0.4, 0.5) is 0 Å². The Morgan fingerprint density at radius 2 is 1.94 bits per heavy atom. The van der Waals surface area contributed by atoms with Gasteiger partial charge in [-0.2, -0.15) is 5.10 Å². The van der Waals surface area contributed by atoms with Gasteiger partial charge in [0.25, 0.3) is 11.5 Å². The van der Waals surface area contributed by atoms with E-state index in [1.807, 2.05) is 6.92 Å². The second-order valence-corrected chi connectivity index (χ2v) is 7.28. The maximum absolute atomic E-state index is 12.5. The lowest BCUT2D eigenvalue weighted by atomic mass is 9.99. The molecule has 1 unspecified atom stereocenters. The molecule has 1 amide bonds. The average Bonchev–Trinajstić information content (AvgIpc) is 2.77. The van der Waals surface area contributed by atoms with Crippen molar-refractivity contribution in [1.29, 1.82) is 0 Å². The van der Waals surface area contributed by atoms with Gasteiger partial charge in [0, 0.05) is 19.7 Å². The lowest BCUT2D eigenvalue weighted by molar-refractivity contribution is -0.142. The summed E-state index contributed by atoms with van der Waals surface area (Å²) in [6, 6.07) is 9.38. The summed E-state index contributed by atoms with van der Waals surface area (Å²) in [6.45, 7) is 1.82. The minimum atomic E-state index is -0.921. The first-order valence-corrected chi connectivity index (χ1v) is 9.81. The van der Waals surface area contributed by atoms with E-state index in [4.69, 9.17) is 16.3 Å². The Balaban J connectivity index is 1.82. The highest BCUT2D eigenvalue weighted by Crippen LogP contribution is 2.20. The van der Waals surface area contributed by atoms with Crippen molar-refractivity contribution >= 4 is 23.5 Å². The van der Waals surface area contributed by atoms with Crippen molar-refractivity contribution in [1.82, 2.24) is 20.1 Å². The molecule has 0 spiro atoms. The van der Waals surface area contributed by atoms with E-state index in [2.05, 4.69) is 15.4 Å². The Bertz CT molecular complexity index is 1170. The molecule has 0 radical (unpaired) electrons. The number of carbonyl (C=O) groups is 2. The number of aryl methyl sites for hydroxylation is 2. The number of carbonyl (C=O) groups excluding carboxylic acids is 2. The Morgan fingerprint density at radius 1 is 1.23 bits per heavy atom. The molecule has 2 aromatic heterocycles. The van der Waals surface area contributed by atoms with Crippen LogP contribution in [0.25, 0.3) is 11.1 Å². The first kappa shape index (κ1) is 22.2. The Hall–Kier alpha value is -3.52. The van der Waals surface area contributed by atoms with Gasteiger partial charge < -0.3 is 10.1 Å². The molecule has 160 valence electrons. The minimum absolute atomic E-state index is 0.0438. The van der Waals surface area contributed by atoms with Gasteiger partial charge in [-0.25, -0.2) is 14.5 Å². The van der Waals surface area contributed by atoms with Crippen LogP contribution in [-0.2, 0) is 23.0 Å². The average molecular weight is 441 g/mol. The number of rotatable bonds is 6.